The first-order chi connectivity index (χ1) is 14.7. The highest BCUT2D eigenvalue weighted by Crippen LogP contribution is 2.38. The quantitative estimate of drug-likeness (QED) is 0.585. The van der Waals surface area contributed by atoms with Gasteiger partial charge in [-0.25, -0.2) is 4.79 Å². The second-order valence-electron chi connectivity index (χ2n) is 7.95. The minimum atomic E-state index is -0.505. The van der Waals surface area contributed by atoms with E-state index in [9.17, 15) is 9.59 Å². The number of amides is 1. The monoisotopic (exact) mass is 412 g/mol. The van der Waals surface area contributed by atoms with Crippen molar-refractivity contribution in [1.82, 2.24) is 19.6 Å². The van der Waals surface area contributed by atoms with Gasteiger partial charge in [-0.05, 0) is 37.8 Å². The standard InChI is InChI=1S/C21H24N4O5/c26-19(13-25-16-3-1-2-4-17(16)29-21(25)27)24-10-7-15(8-11-24)28-12-9-18-22-20(30-23-18)14-5-6-14/h1-4,14-15H,5-13H2. The topological polar surface area (TPSA) is 104 Å². The lowest BCUT2D eigenvalue weighted by Crippen LogP contribution is -2.43. The fourth-order valence-corrected chi connectivity index (χ4v) is 3.85. The molecule has 30 heavy (non-hydrogen) atoms. The van der Waals surface area contributed by atoms with Gasteiger partial charge in [-0.1, -0.05) is 17.3 Å². The van der Waals surface area contributed by atoms with Gasteiger partial charge in [0.2, 0.25) is 11.8 Å². The van der Waals surface area contributed by atoms with E-state index < -0.39 is 5.76 Å². The summed E-state index contributed by atoms with van der Waals surface area (Å²) in [6.45, 7) is 1.76. The van der Waals surface area contributed by atoms with Crippen molar-refractivity contribution in [3.05, 3.63) is 46.5 Å². The third-order valence-electron chi connectivity index (χ3n) is 5.75. The van der Waals surface area contributed by atoms with Crippen molar-refractivity contribution in [2.24, 2.45) is 0 Å². The van der Waals surface area contributed by atoms with E-state index in [1.807, 2.05) is 6.07 Å². The van der Waals surface area contributed by atoms with Gasteiger partial charge in [0.05, 0.1) is 18.2 Å². The van der Waals surface area contributed by atoms with Crippen LogP contribution in [0.4, 0.5) is 0 Å². The Labute approximate surface area is 172 Å². The van der Waals surface area contributed by atoms with Gasteiger partial charge in [0, 0.05) is 25.4 Å². The van der Waals surface area contributed by atoms with Gasteiger partial charge < -0.3 is 18.6 Å². The number of fused-ring (bicyclic) bond motifs is 1. The van der Waals surface area contributed by atoms with E-state index in [1.165, 1.54) is 4.57 Å². The molecule has 0 radical (unpaired) electrons. The number of likely N-dealkylation sites (tertiary alicyclic amines) is 1. The summed E-state index contributed by atoms with van der Waals surface area (Å²) >= 11 is 0. The fourth-order valence-electron chi connectivity index (χ4n) is 3.85. The number of rotatable bonds is 7. The van der Waals surface area contributed by atoms with Crippen LogP contribution in [0.1, 0.15) is 43.3 Å². The molecule has 5 rings (SSSR count). The van der Waals surface area contributed by atoms with Crippen molar-refractivity contribution in [2.45, 2.75) is 50.7 Å². The number of carbonyl (C=O) groups is 1. The summed E-state index contributed by atoms with van der Waals surface area (Å²) < 4.78 is 17.8. The Morgan fingerprint density at radius 1 is 1.17 bits per heavy atom. The maximum atomic E-state index is 12.7. The van der Waals surface area contributed by atoms with Gasteiger partial charge in [0.1, 0.15) is 6.54 Å². The third kappa shape index (κ3) is 4.02. The summed E-state index contributed by atoms with van der Waals surface area (Å²) in [6, 6.07) is 7.13. The molecule has 0 N–H and O–H groups in total. The number of carbonyl (C=O) groups excluding carboxylic acids is 1. The zero-order valence-corrected chi connectivity index (χ0v) is 16.7. The first-order valence-electron chi connectivity index (χ1n) is 10.5. The second kappa shape index (κ2) is 8.06. The van der Waals surface area contributed by atoms with Crippen molar-refractivity contribution in [3.63, 3.8) is 0 Å². The van der Waals surface area contributed by atoms with Crippen LogP contribution in [0.15, 0.2) is 38.0 Å². The molecule has 1 aliphatic carbocycles. The number of oxazole rings is 1. The molecular weight excluding hydrogens is 388 g/mol. The highest BCUT2D eigenvalue weighted by Gasteiger charge is 2.29. The van der Waals surface area contributed by atoms with Crippen molar-refractivity contribution in [2.75, 3.05) is 19.7 Å². The van der Waals surface area contributed by atoms with E-state index in [1.54, 1.807) is 23.1 Å². The molecule has 1 aromatic carbocycles. The predicted molar refractivity (Wildman–Crippen MR) is 106 cm³/mol. The molecule has 0 bridgehead atoms. The lowest BCUT2D eigenvalue weighted by molar-refractivity contribution is -0.134. The van der Waals surface area contributed by atoms with Crippen LogP contribution in [0.25, 0.3) is 11.1 Å². The Morgan fingerprint density at radius 3 is 2.77 bits per heavy atom. The smallest absolute Gasteiger partial charge is 0.408 e. The van der Waals surface area contributed by atoms with Crippen molar-refractivity contribution in [1.29, 1.82) is 0 Å². The second-order valence-corrected chi connectivity index (χ2v) is 7.95. The van der Waals surface area contributed by atoms with Crippen molar-refractivity contribution in [3.8, 4) is 0 Å². The van der Waals surface area contributed by atoms with E-state index in [2.05, 4.69) is 10.1 Å². The van der Waals surface area contributed by atoms with Crippen LogP contribution in [0.3, 0.4) is 0 Å². The van der Waals surface area contributed by atoms with Crippen LogP contribution < -0.4 is 5.76 Å². The Bertz CT molecular complexity index is 1090. The summed E-state index contributed by atoms with van der Waals surface area (Å²) in [6.07, 6.45) is 4.56. The molecule has 1 saturated carbocycles. The number of hydrogen-bond acceptors (Lipinski definition) is 7. The van der Waals surface area contributed by atoms with Crippen LogP contribution >= 0.6 is 0 Å². The molecule has 158 valence electrons. The average Bonchev–Trinajstić information content (AvgIpc) is 3.43. The summed E-state index contributed by atoms with van der Waals surface area (Å²) in [7, 11) is 0. The third-order valence-corrected chi connectivity index (χ3v) is 5.75. The SMILES string of the molecule is O=C(Cn1c(=O)oc2ccccc21)N1CCC(OCCc2noc(C3CC3)n2)CC1. The first-order valence-corrected chi connectivity index (χ1v) is 10.5. The number of hydrogen-bond donors (Lipinski definition) is 0. The molecule has 2 aliphatic rings. The highest BCUT2D eigenvalue weighted by atomic mass is 16.5. The van der Waals surface area contributed by atoms with Crippen LogP contribution in [0.2, 0.25) is 0 Å². The molecule has 2 aromatic heterocycles. The van der Waals surface area contributed by atoms with E-state index in [0.29, 0.717) is 49.0 Å². The van der Waals surface area contributed by atoms with Gasteiger partial charge in [-0.2, -0.15) is 4.98 Å². The summed E-state index contributed by atoms with van der Waals surface area (Å²) in [5.74, 6) is 1.32. The molecule has 0 unspecified atom stereocenters. The van der Waals surface area contributed by atoms with Crippen LogP contribution in [0.5, 0.6) is 0 Å². The first kappa shape index (κ1) is 19.0. The van der Waals surface area contributed by atoms with Crippen molar-refractivity contribution < 1.29 is 18.5 Å². The number of para-hydroxylation sites is 2. The lowest BCUT2D eigenvalue weighted by Gasteiger charge is -2.32. The van der Waals surface area contributed by atoms with E-state index >= 15 is 0 Å². The van der Waals surface area contributed by atoms with E-state index in [-0.39, 0.29) is 18.6 Å². The minimum Gasteiger partial charge on any atom is -0.408 e. The Hall–Kier alpha value is -2.94. The molecule has 3 aromatic rings. The zero-order chi connectivity index (χ0) is 20.5. The predicted octanol–water partition coefficient (Wildman–Crippen LogP) is 2.11. The van der Waals surface area contributed by atoms with Gasteiger partial charge in [-0.15, -0.1) is 0 Å². The van der Waals surface area contributed by atoms with Gasteiger partial charge in [0.15, 0.2) is 11.4 Å². The molecule has 1 aliphatic heterocycles. The van der Waals surface area contributed by atoms with Crippen LogP contribution in [-0.2, 0) is 22.5 Å². The normalized spacial score (nSPS) is 17.7. The van der Waals surface area contributed by atoms with Crippen LogP contribution in [0, 0.1) is 0 Å². The number of piperidine rings is 1. The Balaban J connectivity index is 1.09. The highest BCUT2D eigenvalue weighted by molar-refractivity contribution is 5.79. The molecule has 9 heteroatoms. The number of ether oxygens (including phenoxy) is 1. The summed E-state index contributed by atoms with van der Waals surface area (Å²) in [4.78, 5) is 31.0. The Morgan fingerprint density at radius 2 is 1.97 bits per heavy atom. The fraction of sp³-hybridized carbons (Fsp3) is 0.524. The number of aromatic nitrogens is 3. The average molecular weight is 412 g/mol. The summed E-state index contributed by atoms with van der Waals surface area (Å²) in [5.41, 5.74) is 1.13. The zero-order valence-electron chi connectivity index (χ0n) is 16.7. The molecule has 1 saturated heterocycles. The number of benzene rings is 1. The molecule has 2 fully saturated rings. The lowest BCUT2D eigenvalue weighted by atomic mass is 10.1. The molecule has 9 nitrogen and oxygen atoms in total. The Kier molecular flexibility index (Phi) is 5.12. The number of nitrogens with zero attached hydrogens (tertiary/aromatic N) is 4. The van der Waals surface area contributed by atoms with Gasteiger partial charge >= 0.3 is 5.76 Å². The maximum absolute atomic E-state index is 12.7. The van der Waals surface area contributed by atoms with Gasteiger partial charge in [0.25, 0.3) is 0 Å². The van der Waals surface area contributed by atoms with Crippen LogP contribution in [-0.4, -0.2) is 51.3 Å². The van der Waals surface area contributed by atoms with Gasteiger partial charge in [-0.3, -0.25) is 9.36 Å². The molecule has 0 atom stereocenters. The van der Waals surface area contributed by atoms with E-state index in [0.717, 1.165) is 31.6 Å². The molecule has 1 amide bonds. The van der Waals surface area contributed by atoms with E-state index in [4.69, 9.17) is 13.7 Å². The molecular formula is C21H24N4O5. The molecule has 3 heterocycles. The summed E-state index contributed by atoms with van der Waals surface area (Å²) in [5, 5.41) is 4.00. The maximum Gasteiger partial charge on any atom is 0.420 e. The van der Waals surface area contributed by atoms with Crippen molar-refractivity contribution >= 4 is 17.0 Å². The largest absolute Gasteiger partial charge is 0.420 e. The molecule has 0 spiro atoms. The minimum absolute atomic E-state index is 0.0114.